The minimum absolute atomic E-state index is 0.0482. The number of aromatic amines is 1. The number of nitrogens with one attached hydrogen (secondary N) is 1. The number of nitrogens with two attached hydrogens (primary N) is 2. The highest BCUT2D eigenvalue weighted by atomic mass is 15.3. The summed E-state index contributed by atoms with van der Waals surface area (Å²) in [5.41, 5.74) is 12.9. The second-order valence-electron chi connectivity index (χ2n) is 5.46. The molecule has 1 aliphatic heterocycles. The van der Waals surface area contributed by atoms with E-state index in [2.05, 4.69) is 33.9 Å². The van der Waals surface area contributed by atoms with Crippen molar-refractivity contribution in [2.24, 2.45) is 16.5 Å². The SMILES string of the molecule is C/C(N)=C/C(N)=Nc1cc(C(C)(C)N2CCC2)[nH]n1. The van der Waals surface area contributed by atoms with Crippen molar-refractivity contribution in [2.75, 3.05) is 13.1 Å². The fourth-order valence-corrected chi connectivity index (χ4v) is 2.13. The molecule has 5 N–H and O–H groups in total. The van der Waals surface area contributed by atoms with Crippen LogP contribution in [0.25, 0.3) is 0 Å². The van der Waals surface area contributed by atoms with Gasteiger partial charge in [-0.1, -0.05) is 0 Å². The molecule has 1 fully saturated rings. The topological polar surface area (TPSA) is 96.3 Å². The van der Waals surface area contributed by atoms with Crippen LogP contribution < -0.4 is 11.5 Å². The largest absolute Gasteiger partial charge is 0.402 e. The van der Waals surface area contributed by atoms with Crippen LogP contribution in [0.15, 0.2) is 22.8 Å². The summed E-state index contributed by atoms with van der Waals surface area (Å²) >= 11 is 0. The van der Waals surface area contributed by atoms with Crippen LogP contribution in [0.1, 0.15) is 32.9 Å². The minimum Gasteiger partial charge on any atom is -0.402 e. The molecule has 1 aromatic rings. The fraction of sp³-hybridized carbons (Fsp3) is 0.538. The van der Waals surface area contributed by atoms with Crippen molar-refractivity contribution in [3.05, 3.63) is 23.5 Å². The predicted molar refractivity (Wildman–Crippen MR) is 77.0 cm³/mol. The molecule has 1 aliphatic rings. The Balaban J connectivity index is 2.17. The molecule has 104 valence electrons. The Morgan fingerprint density at radius 1 is 1.47 bits per heavy atom. The molecule has 0 bridgehead atoms. The van der Waals surface area contributed by atoms with Gasteiger partial charge >= 0.3 is 0 Å². The van der Waals surface area contributed by atoms with Gasteiger partial charge in [0.25, 0.3) is 0 Å². The van der Waals surface area contributed by atoms with Crippen LogP contribution in [0.3, 0.4) is 0 Å². The van der Waals surface area contributed by atoms with Crippen molar-refractivity contribution in [1.29, 1.82) is 0 Å². The van der Waals surface area contributed by atoms with Crippen molar-refractivity contribution >= 4 is 11.7 Å². The average Bonchev–Trinajstić information content (AvgIpc) is 2.61. The number of allylic oxidation sites excluding steroid dienone is 1. The first kappa shape index (κ1) is 13.6. The van der Waals surface area contributed by atoms with Crippen molar-refractivity contribution in [1.82, 2.24) is 15.1 Å². The number of nitrogens with zero attached hydrogens (tertiary/aromatic N) is 3. The first-order chi connectivity index (χ1) is 8.89. The maximum Gasteiger partial charge on any atom is 0.175 e. The van der Waals surface area contributed by atoms with Gasteiger partial charge in [0.05, 0.1) is 11.2 Å². The highest BCUT2D eigenvalue weighted by molar-refractivity contribution is 5.93. The zero-order valence-corrected chi connectivity index (χ0v) is 11.8. The molecular weight excluding hydrogens is 240 g/mol. The first-order valence-corrected chi connectivity index (χ1v) is 6.48. The van der Waals surface area contributed by atoms with Crippen LogP contribution in [0.2, 0.25) is 0 Å². The van der Waals surface area contributed by atoms with Gasteiger partial charge in [0.2, 0.25) is 0 Å². The van der Waals surface area contributed by atoms with Gasteiger partial charge in [-0.3, -0.25) is 10.00 Å². The highest BCUT2D eigenvalue weighted by Gasteiger charge is 2.34. The van der Waals surface area contributed by atoms with E-state index in [-0.39, 0.29) is 5.54 Å². The highest BCUT2D eigenvalue weighted by Crippen LogP contribution is 2.31. The Hall–Kier alpha value is -1.82. The summed E-state index contributed by atoms with van der Waals surface area (Å²) in [6.07, 6.45) is 2.88. The van der Waals surface area contributed by atoms with Gasteiger partial charge < -0.3 is 11.5 Å². The van der Waals surface area contributed by atoms with Crippen LogP contribution >= 0.6 is 0 Å². The lowest BCUT2D eigenvalue weighted by atomic mass is 9.94. The van der Waals surface area contributed by atoms with Crippen LogP contribution in [0.5, 0.6) is 0 Å². The van der Waals surface area contributed by atoms with E-state index in [0.717, 1.165) is 18.8 Å². The summed E-state index contributed by atoms with van der Waals surface area (Å²) in [7, 11) is 0. The summed E-state index contributed by atoms with van der Waals surface area (Å²) in [6, 6.07) is 1.94. The second kappa shape index (κ2) is 5.05. The van der Waals surface area contributed by atoms with Crippen LogP contribution in [0, 0.1) is 0 Å². The number of rotatable bonds is 4. The van der Waals surface area contributed by atoms with Crippen molar-refractivity contribution < 1.29 is 0 Å². The molecule has 0 amide bonds. The number of H-pyrrole nitrogens is 1. The van der Waals surface area contributed by atoms with Crippen molar-refractivity contribution in [2.45, 2.75) is 32.7 Å². The Bertz CT molecular complexity index is 503. The second-order valence-corrected chi connectivity index (χ2v) is 5.46. The lowest BCUT2D eigenvalue weighted by Gasteiger charge is -2.43. The minimum atomic E-state index is -0.0482. The van der Waals surface area contributed by atoms with Gasteiger partial charge in [0.15, 0.2) is 5.82 Å². The van der Waals surface area contributed by atoms with E-state index in [1.165, 1.54) is 6.42 Å². The lowest BCUT2D eigenvalue weighted by molar-refractivity contribution is 0.0501. The van der Waals surface area contributed by atoms with E-state index in [9.17, 15) is 0 Å². The number of likely N-dealkylation sites (tertiary alicyclic amines) is 1. The van der Waals surface area contributed by atoms with Crippen molar-refractivity contribution in [3.63, 3.8) is 0 Å². The molecule has 0 saturated carbocycles. The van der Waals surface area contributed by atoms with E-state index < -0.39 is 0 Å². The van der Waals surface area contributed by atoms with E-state index in [1.54, 1.807) is 13.0 Å². The maximum atomic E-state index is 5.75. The normalized spacial score (nSPS) is 18.5. The van der Waals surface area contributed by atoms with Crippen molar-refractivity contribution in [3.8, 4) is 0 Å². The van der Waals surface area contributed by atoms with Gasteiger partial charge in [0.1, 0.15) is 5.84 Å². The number of amidine groups is 1. The summed E-state index contributed by atoms with van der Waals surface area (Å²) < 4.78 is 0. The quantitative estimate of drug-likeness (QED) is 0.561. The van der Waals surface area contributed by atoms with E-state index in [4.69, 9.17) is 11.5 Å². The Labute approximate surface area is 113 Å². The number of hydrogen-bond donors (Lipinski definition) is 3. The summed E-state index contributed by atoms with van der Waals surface area (Å²) in [6.45, 7) is 8.38. The molecule has 6 nitrogen and oxygen atoms in total. The smallest absolute Gasteiger partial charge is 0.175 e. The van der Waals surface area contributed by atoms with Crippen LogP contribution in [-0.2, 0) is 5.54 Å². The number of aromatic nitrogens is 2. The molecule has 0 unspecified atom stereocenters. The summed E-state index contributed by atoms with van der Waals surface area (Å²) in [5.74, 6) is 0.943. The molecule has 2 rings (SSSR count). The molecule has 0 aliphatic carbocycles. The van der Waals surface area contributed by atoms with E-state index >= 15 is 0 Å². The Morgan fingerprint density at radius 2 is 2.16 bits per heavy atom. The molecule has 1 aromatic heterocycles. The first-order valence-electron chi connectivity index (χ1n) is 6.48. The summed E-state index contributed by atoms with van der Waals surface area (Å²) in [4.78, 5) is 6.62. The summed E-state index contributed by atoms with van der Waals surface area (Å²) in [5, 5.41) is 7.23. The molecule has 0 aromatic carbocycles. The predicted octanol–water partition coefficient (Wildman–Crippen LogP) is 1.20. The zero-order chi connectivity index (χ0) is 14.0. The van der Waals surface area contributed by atoms with Gasteiger partial charge in [0, 0.05) is 24.9 Å². The Morgan fingerprint density at radius 3 is 2.68 bits per heavy atom. The third-order valence-electron chi connectivity index (χ3n) is 3.49. The standard InChI is InChI=1S/C13H22N6/c1-9(14)7-11(15)16-12-8-10(17-18-12)13(2,3)19-5-4-6-19/h7-8H,4-6,14H2,1-3H3,(H3,15,16,17,18)/b9-7-. The molecule has 6 heteroatoms. The Kier molecular flexibility index (Phi) is 3.61. The molecule has 0 radical (unpaired) electrons. The third kappa shape index (κ3) is 2.96. The molecular formula is C13H22N6. The molecule has 1 saturated heterocycles. The van der Waals surface area contributed by atoms with Gasteiger partial charge in [-0.2, -0.15) is 5.10 Å². The van der Waals surface area contributed by atoms with Gasteiger partial charge in [-0.25, -0.2) is 4.99 Å². The van der Waals surface area contributed by atoms with Crippen LogP contribution in [-0.4, -0.2) is 34.0 Å². The van der Waals surface area contributed by atoms with E-state index in [0.29, 0.717) is 17.4 Å². The number of aliphatic imine (C=N–C) groups is 1. The molecule has 0 atom stereocenters. The third-order valence-corrected chi connectivity index (χ3v) is 3.49. The molecule has 0 spiro atoms. The number of hydrogen-bond acceptors (Lipinski definition) is 4. The van der Waals surface area contributed by atoms with Gasteiger partial charge in [-0.05, 0) is 33.3 Å². The zero-order valence-electron chi connectivity index (χ0n) is 11.8. The fourth-order valence-electron chi connectivity index (χ4n) is 2.13. The monoisotopic (exact) mass is 262 g/mol. The van der Waals surface area contributed by atoms with E-state index in [1.807, 2.05) is 6.07 Å². The van der Waals surface area contributed by atoms with Gasteiger partial charge in [-0.15, -0.1) is 0 Å². The molecule has 19 heavy (non-hydrogen) atoms. The van der Waals surface area contributed by atoms with Crippen LogP contribution in [0.4, 0.5) is 5.82 Å². The lowest BCUT2D eigenvalue weighted by Crippen LogP contribution is -2.49. The average molecular weight is 262 g/mol. The maximum absolute atomic E-state index is 5.75. The molecule has 2 heterocycles.